The third-order valence-corrected chi connectivity index (χ3v) is 3.64. The first kappa shape index (κ1) is 15.2. The maximum Gasteiger partial charge on any atom is 0.0988 e. The van der Waals surface area contributed by atoms with Crippen molar-refractivity contribution in [3.8, 4) is 0 Å². The van der Waals surface area contributed by atoms with Crippen LogP contribution in [0.15, 0.2) is 18.3 Å². The SMILES string of the molecule is CCC(N)c1ccc(N2CC(CO)OC(C)(C)C2)cn1. The Morgan fingerprint density at radius 3 is 2.85 bits per heavy atom. The third-order valence-electron chi connectivity index (χ3n) is 3.64. The molecule has 1 aliphatic heterocycles. The second kappa shape index (κ2) is 6.08. The summed E-state index contributed by atoms with van der Waals surface area (Å²) in [6.07, 6.45) is 2.58. The molecule has 1 aromatic rings. The molecular weight excluding hydrogens is 254 g/mol. The maximum absolute atomic E-state index is 9.35. The number of rotatable bonds is 4. The van der Waals surface area contributed by atoms with Crippen molar-refractivity contribution in [3.05, 3.63) is 24.0 Å². The highest BCUT2D eigenvalue weighted by atomic mass is 16.5. The molecule has 0 radical (unpaired) electrons. The van der Waals surface area contributed by atoms with E-state index in [2.05, 4.69) is 16.8 Å². The molecule has 1 fully saturated rings. The zero-order valence-corrected chi connectivity index (χ0v) is 12.5. The Morgan fingerprint density at radius 2 is 2.30 bits per heavy atom. The zero-order valence-electron chi connectivity index (χ0n) is 12.5. The molecule has 2 heterocycles. The van der Waals surface area contributed by atoms with Gasteiger partial charge in [-0.2, -0.15) is 0 Å². The van der Waals surface area contributed by atoms with Crippen molar-refractivity contribution >= 4 is 5.69 Å². The standard InChI is InChI=1S/C15H25N3O2/c1-4-13(16)14-6-5-11(7-17-14)18-8-12(9-19)20-15(2,3)10-18/h5-7,12-13,19H,4,8-10,16H2,1-3H3. The summed E-state index contributed by atoms with van der Waals surface area (Å²) in [5.74, 6) is 0. The number of pyridine rings is 1. The predicted octanol–water partition coefficient (Wildman–Crippen LogP) is 1.47. The Hall–Kier alpha value is -1.17. The zero-order chi connectivity index (χ0) is 14.8. The Bertz CT molecular complexity index is 433. The molecule has 2 atom stereocenters. The van der Waals surface area contributed by atoms with Crippen molar-refractivity contribution in [2.75, 3.05) is 24.6 Å². The number of ether oxygens (including phenoxy) is 1. The highest BCUT2D eigenvalue weighted by Crippen LogP contribution is 2.26. The van der Waals surface area contributed by atoms with E-state index in [0.717, 1.165) is 24.3 Å². The van der Waals surface area contributed by atoms with Crippen LogP contribution in [0.4, 0.5) is 5.69 Å². The lowest BCUT2D eigenvalue weighted by Gasteiger charge is -2.43. The number of nitrogens with zero attached hydrogens (tertiary/aromatic N) is 2. The van der Waals surface area contributed by atoms with E-state index in [9.17, 15) is 5.11 Å². The minimum Gasteiger partial charge on any atom is -0.394 e. The van der Waals surface area contributed by atoms with Crippen molar-refractivity contribution < 1.29 is 9.84 Å². The van der Waals surface area contributed by atoms with Gasteiger partial charge in [0.05, 0.1) is 35.9 Å². The molecule has 5 heteroatoms. The predicted molar refractivity (Wildman–Crippen MR) is 79.7 cm³/mol. The first-order chi connectivity index (χ1) is 9.45. The van der Waals surface area contributed by atoms with E-state index in [-0.39, 0.29) is 24.4 Å². The Labute approximate surface area is 120 Å². The van der Waals surface area contributed by atoms with Gasteiger partial charge in [-0.15, -0.1) is 0 Å². The van der Waals surface area contributed by atoms with Crippen molar-refractivity contribution in [1.29, 1.82) is 0 Å². The second-order valence-corrected chi connectivity index (χ2v) is 6.02. The van der Waals surface area contributed by atoms with Gasteiger partial charge in [0.2, 0.25) is 0 Å². The summed E-state index contributed by atoms with van der Waals surface area (Å²) in [4.78, 5) is 6.66. The normalized spacial score (nSPS) is 23.6. The quantitative estimate of drug-likeness (QED) is 0.873. The fraction of sp³-hybridized carbons (Fsp3) is 0.667. The van der Waals surface area contributed by atoms with Gasteiger partial charge in [-0.25, -0.2) is 0 Å². The van der Waals surface area contributed by atoms with Crippen LogP contribution in [0.1, 0.15) is 38.9 Å². The van der Waals surface area contributed by atoms with E-state index in [4.69, 9.17) is 10.5 Å². The van der Waals surface area contributed by atoms with Crippen molar-refractivity contribution in [2.45, 2.75) is 44.9 Å². The van der Waals surface area contributed by atoms with Crippen molar-refractivity contribution in [2.24, 2.45) is 5.73 Å². The molecule has 0 aliphatic carbocycles. The van der Waals surface area contributed by atoms with Crippen LogP contribution in [0.25, 0.3) is 0 Å². The summed E-state index contributed by atoms with van der Waals surface area (Å²) >= 11 is 0. The van der Waals surface area contributed by atoms with E-state index in [0.29, 0.717) is 6.54 Å². The first-order valence-corrected chi connectivity index (χ1v) is 7.20. The van der Waals surface area contributed by atoms with Crippen molar-refractivity contribution in [3.63, 3.8) is 0 Å². The lowest BCUT2D eigenvalue weighted by atomic mass is 10.0. The molecule has 0 bridgehead atoms. The van der Waals surface area contributed by atoms with Gasteiger partial charge in [0.25, 0.3) is 0 Å². The van der Waals surface area contributed by atoms with Crippen LogP contribution in [0.3, 0.4) is 0 Å². The number of morpholine rings is 1. The fourth-order valence-electron chi connectivity index (χ4n) is 2.60. The summed E-state index contributed by atoms with van der Waals surface area (Å²) in [5, 5.41) is 9.35. The van der Waals surface area contributed by atoms with Crippen LogP contribution in [0.5, 0.6) is 0 Å². The molecule has 1 aromatic heterocycles. The molecule has 1 saturated heterocycles. The molecule has 1 aliphatic rings. The summed E-state index contributed by atoms with van der Waals surface area (Å²) in [7, 11) is 0. The molecule has 0 saturated carbocycles. The van der Waals surface area contributed by atoms with E-state index >= 15 is 0 Å². The average molecular weight is 279 g/mol. The van der Waals surface area contributed by atoms with Gasteiger partial charge in [-0.05, 0) is 32.4 Å². The highest BCUT2D eigenvalue weighted by molar-refractivity contribution is 5.46. The number of aliphatic hydroxyl groups is 1. The van der Waals surface area contributed by atoms with Crippen LogP contribution in [0.2, 0.25) is 0 Å². The van der Waals surface area contributed by atoms with Gasteiger partial charge >= 0.3 is 0 Å². The van der Waals surface area contributed by atoms with Gasteiger partial charge in [0, 0.05) is 19.1 Å². The Kier molecular flexibility index (Phi) is 4.62. The molecule has 0 amide bonds. The van der Waals surface area contributed by atoms with Crippen LogP contribution >= 0.6 is 0 Å². The molecule has 3 N–H and O–H groups in total. The number of hydrogen-bond acceptors (Lipinski definition) is 5. The lowest BCUT2D eigenvalue weighted by molar-refractivity contribution is -0.101. The number of aliphatic hydroxyl groups excluding tert-OH is 1. The van der Waals surface area contributed by atoms with Crippen molar-refractivity contribution in [1.82, 2.24) is 4.98 Å². The van der Waals surface area contributed by atoms with Crippen LogP contribution in [-0.2, 0) is 4.74 Å². The highest BCUT2D eigenvalue weighted by Gasteiger charge is 2.33. The smallest absolute Gasteiger partial charge is 0.0988 e. The lowest BCUT2D eigenvalue weighted by Crippen LogP contribution is -2.54. The number of anilines is 1. The maximum atomic E-state index is 9.35. The van der Waals surface area contributed by atoms with Crippen LogP contribution < -0.4 is 10.6 Å². The van der Waals surface area contributed by atoms with E-state index in [1.165, 1.54) is 0 Å². The van der Waals surface area contributed by atoms with E-state index < -0.39 is 0 Å². The molecular formula is C15H25N3O2. The Balaban J connectivity index is 2.14. The van der Waals surface area contributed by atoms with E-state index in [1.807, 2.05) is 32.2 Å². The van der Waals surface area contributed by atoms with Gasteiger partial charge in [-0.1, -0.05) is 6.92 Å². The molecule has 2 rings (SSSR count). The summed E-state index contributed by atoms with van der Waals surface area (Å²) in [6.45, 7) is 7.63. The van der Waals surface area contributed by atoms with Gasteiger partial charge in [0.15, 0.2) is 0 Å². The Morgan fingerprint density at radius 1 is 1.55 bits per heavy atom. The number of aromatic nitrogens is 1. The van der Waals surface area contributed by atoms with Crippen LogP contribution in [-0.4, -0.2) is 41.5 Å². The summed E-state index contributed by atoms with van der Waals surface area (Å²) in [6, 6.07) is 4.03. The molecule has 2 unspecified atom stereocenters. The third kappa shape index (κ3) is 3.48. The monoisotopic (exact) mass is 279 g/mol. The van der Waals surface area contributed by atoms with Gasteiger partial charge in [-0.3, -0.25) is 4.98 Å². The molecule has 5 nitrogen and oxygen atoms in total. The topological polar surface area (TPSA) is 71.6 Å². The minimum absolute atomic E-state index is 0.00429. The fourth-order valence-corrected chi connectivity index (χ4v) is 2.60. The molecule has 20 heavy (non-hydrogen) atoms. The molecule has 112 valence electrons. The summed E-state index contributed by atoms with van der Waals surface area (Å²) in [5.41, 5.74) is 7.67. The van der Waals surface area contributed by atoms with Gasteiger partial charge < -0.3 is 20.5 Å². The van der Waals surface area contributed by atoms with Gasteiger partial charge in [0.1, 0.15) is 0 Å². The largest absolute Gasteiger partial charge is 0.394 e. The molecule has 0 aromatic carbocycles. The number of hydrogen-bond donors (Lipinski definition) is 2. The van der Waals surface area contributed by atoms with Crippen LogP contribution in [0, 0.1) is 0 Å². The minimum atomic E-state index is -0.274. The average Bonchev–Trinajstić information content (AvgIpc) is 2.44. The summed E-state index contributed by atoms with van der Waals surface area (Å²) < 4.78 is 5.82. The molecule has 0 spiro atoms. The first-order valence-electron chi connectivity index (χ1n) is 7.20. The second-order valence-electron chi connectivity index (χ2n) is 6.02. The van der Waals surface area contributed by atoms with E-state index in [1.54, 1.807) is 0 Å². The number of nitrogens with two attached hydrogens (primary N) is 1.